The number of benzene rings is 1. The molecule has 108 valence electrons. The molecule has 0 aliphatic heterocycles. The van der Waals surface area contributed by atoms with Crippen molar-refractivity contribution in [3.8, 4) is 0 Å². The minimum absolute atomic E-state index is 0.104. The molecule has 2 unspecified atom stereocenters. The number of aliphatic hydroxyl groups excluding tert-OH is 1. The molecule has 0 aliphatic rings. The molecule has 1 N–H and O–H groups in total. The van der Waals surface area contributed by atoms with E-state index in [9.17, 15) is 9.67 Å². The van der Waals surface area contributed by atoms with Gasteiger partial charge in [0.25, 0.3) is 0 Å². The van der Waals surface area contributed by atoms with Crippen LogP contribution in [0.15, 0.2) is 30.3 Å². The van der Waals surface area contributed by atoms with Gasteiger partial charge in [-0.1, -0.05) is 51.1 Å². The SMILES string of the molecule is CCP(=O)(CCC(C)C)OCC(O)c1ccccc1. The Labute approximate surface area is 116 Å². The van der Waals surface area contributed by atoms with Crippen molar-refractivity contribution < 1.29 is 14.2 Å². The highest BCUT2D eigenvalue weighted by Gasteiger charge is 2.22. The quantitative estimate of drug-likeness (QED) is 0.732. The monoisotopic (exact) mass is 284 g/mol. The van der Waals surface area contributed by atoms with Crippen molar-refractivity contribution in [1.82, 2.24) is 0 Å². The number of rotatable bonds is 8. The maximum absolute atomic E-state index is 12.5. The van der Waals surface area contributed by atoms with Gasteiger partial charge in [-0.3, -0.25) is 4.57 Å². The Kier molecular flexibility index (Phi) is 6.78. The van der Waals surface area contributed by atoms with E-state index in [0.29, 0.717) is 18.2 Å². The van der Waals surface area contributed by atoms with E-state index in [1.165, 1.54) is 0 Å². The molecule has 3 nitrogen and oxygen atoms in total. The Morgan fingerprint density at radius 3 is 2.42 bits per heavy atom. The minimum atomic E-state index is -2.59. The van der Waals surface area contributed by atoms with Gasteiger partial charge >= 0.3 is 0 Å². The van der Waals surface area contributed by atoms with Gasteiger partial charge in [0.05, 0.1) is 6.61 Å². The average Bonchev–Trinajstić information content (AvgIpc) is 2.43. The largest absolute Gasteiger partial charge is 0.386 e. The first-order valence-corrected chi connectivity index (χ1v) is 8.92. The first-order chi connectivity index (χ1) is 8.97. The Hall–Kier alpha value is -0.630. The molecule has 0 aliphatic carbocycles. The van der Waals surface area contributed by atoms with Gasteiger partial charge in [0.2, 0.25) is 7.37 Å². The van der Waals surface area contributed by atoms with Gasteiger partial charge in [-0.25, -0.2) is 0 Å². The Bertz CT molecular complexity index is 403. The van der Waals surface area contributed by atoms with Crippen molar-refractivity contribution in [2.24, 2.45) is 5.92 Å². The van der Waals surface area contributed by atoms with E-state index in [2.05, 4.69) is 13.8 Å². The van der Waals surface area contributed by atoms with Crippen LogP contribution in [0.1, 0.15) is 38.9 Å². The molecule has 19 heavy (non-hydrogen) atoms. The molecule has 0 saturated heterocycles. The molecule has 0 bridgehead atoms. The predicted molar refractivity (Wildman–Crippen MR) is 79.8 cm³/mol. The topological polar surface area (TPSA) is 46.5 Å². The van der Waals surface area contributed by atoms with Crippen molar-refractivity contribution in [2.75, 3.05) is 18.9 Å². The smallest absolute Gasteiger partial charge is 0.203 e. The molecule has 0 saturated carbocycles. The second kappa shape index (κ2) is 7.84. The van der Waals surface area contributed by atoms with Crippen LogP contribution in [0.4, 0.5) is 0 Å². The van der Waals surface area contributed by atoms with E-state index in [1.807, 2.05) is 37.3 Å². The molecule has 4 heteroatoms. The van der Waals surface area contributed by atoms with Gasteiger partial charge < -0.3 is 9.63 Å². The molecule has 2 atom stereocenters. The normalized spacial score (nSPS) is 16.3. The van der Waals surface area contributed by atoms with Gasteiger partial charge in [-0.2, -0.15) is 0 Å². The van der Waals surface area contributed by atoms with Crippen molar-refractivity contribution >= 4 is 7.37 Å². The van der Waals surface area contributed by atoms with Gasteiger partial charge in [0.15, 0.2) is 0 Å². The predicted octanol–water partition coefficient (Wildman–Crippen LogP) is 4.08. The fraction of sp³-hybridized carbons (Fsp3) is 0.600. The van der Waals surface area contributed by atoms with Crippen LogP contribution in [0.2, 0.25) is 0 Å². The Balaban J connectivity index is 2.51. The summed E-state index contributed by atoms with van der Waals surface area (Å²) in [5.74, 6) is 0.516. The van der Waals surface area contributed by atoms with Crippen LogP contribution in [0.3, 0.4) is 0 Å². The lowest BCUT2D eigenvalue weighted by Gasteiger charge is -2.20. The third-order valence-electron chi connectivity index (χ3n) is 3.18. The third kappa shape index (κ3) is 5.90. The van der Waals surface area contributed by atoms with Crippen molar-refractivity contribution in [3.63, 3.8) is 0 Å². The molecule has 0 aromatic heterocycles. The Morgan fingerprint density at radius 2 is 1.89 bits per heavy atom. The zero-order valence-electron chi connectivity index (χ0n) is 12.1. The van der Waals surface area contributed by atoms with Crippen molar-refractivity contribution in [3.05, 3.63) is 35.9 Å². The van der Waals surface area contributed by atoms with Gasteiger partial charge in [0, 0.05) is 12.3 Å². The zero-order valence-corrected chi connectivity index (χ0v) is 13.0. The molecule has 0 fully saturated rings. The average molecular weight is 284 g/mol. The number of hydrogen-bond acceptors (Lipinski definition) is 3. The molecule has 1 aromatic rings. The second-order valence-electron chi connectivity index (χ2n) is 5.26. The lowest BCUT2D eigenvalue weighted by atomic mass is 10.1. The zero-order chi connectivity index (χ0) is 14.3. The van der Waals surface area contributed by atoms with Crippen LogP contribution in [-0.2, 0) is 9.09 Å². The van der Waals surface area contributed by atoms with Gasteiger partial charge in [0.1, 0.15) is 6.10 Å². The van der Waals surface area contributed by atoms with Gasteiger partial charge in [-0.05, 0) is 17.9 Å². The highest BCUT2D eigenvalue weighted by atomic mass is 31.2. The first kappa shape index (κ1) is 16.4. The molecule has 1 aromatic carbocycles. The molecular formula is C15H25O3P. The molecule has 0 heterocycles. The summed E-state index contributed by atoms with van der Waals surface area (Å²) in [4.78, 5) is 0. The van der Waals surface area contributed by atoms with E-state index in [4.69, 9.17) is 4.52 Å². The summed E-state index contributed by atoms with van der Waals surface area (Å²) in [5.41, 5.74) is 0.800. The maximum Gasteiger partial charge on any atom is 0.203 e. The molecule has 0 amide bonds. The minimum Gasteiger partial charge on any atom is -0.386 e. The van der Waals surface area contributed by atoms with Crippen LogP contribution in [0.5, 0.6) is 0 Å². The third-order valence-corrected chi connectivity index (χ3v) is 5.70. The van der Waals surface area contributed by atoms with E-state index >= 15 is 0 Å². The van der Waals surface area contributed by atoms with Crippen molar-refractivity contribution in [1.29, 1.82) is 0 Å². The van der Waals surface area contributed by atoms with Crippen LogP contribution in [-0.4, -0.2) is 24.0 Å². The highest BCUT2D eigenvalue weighted by molar-refractivity contribution is 7.58. The highest BCUT2D eigenvalue weighted by Crippen LogP contribution is 2.48. The lowest BCUT2D eigenvalue weighted by molar-refractivity contribution is 0.109. The summed E-state index contributed by atoms with van der Waals surface area (Å²) in [7, 11) is -2.59. The Morgan fingerprint density at radius 1 is 1.26 bits per heavy atom. The fourth-order valence-electron chi connectivity index (χ4n) is 1.75. The van der Waals surface area contributed by atoms with Gasteiger partial charge in [-0.15, -0.1) is 0 Å². The van der Waals surface area contributed by atoms with Crippen LogP contribution in [0, 0.1) is 5.92 Å². The summed E-state index contributed by atoms with van der Waals surface area (Å²) in [6.45, 7) is 6.21. The molecule has 1 rings (SSSR count). The van der Waals surface area contributed by atoms with Crippen LogP contribution < -0.4 is 0 Å². The standard InChI is InChI=1S/C15H25O3P/c1-4-19(17,11-10-13(2)3)18-12-15(16)14-8-6-5-7-9-14/h5-9,13,15-16H,4,10-12H2,1-3H3. The summed E-state index contributed by atoms with van der Waals surface area (Å²) in [5, 5.41) is 10.0. The number of hydrogen-bond donors (Lipinski definition) is 1. The summed E-state index contributed by atoms with van der Waals surface area (Å²) >= 11 is 0. The maximum atomic E-state index is 12.5. The van der Waals surface area contributed by atoms with E-state index < -0.39 is 13.5 Å². The lowest BCUT2D eigenvalue weighted by Crippen LogP contribution is -2.09. The van der Waals surface area contributed by atoms with Crippen LogP contribution in [0.25, 0.3) is 0 Å². The number of aliphatic hydroxyl groups is 1. The van der Waals surface area contributed by atoms with Crippen molar-refractivity contribution in [2.45, 2.75) is 33.3 Å². The summed E-state index contributed by atoms with van der Waals surface area (Å²) < 4.78 is 18.0. The van der Waals surface area contributed by atoms with E-state index in [-0.39, 0.29) is 6.61 Å². The summed E-state index contributed by atoms with van der Waals surface area (Å²) in [6, 6.07) is 9.34. The van der Waals surface area contributed by atoms with E-state index in [1.54, 1.807) is 0 Å². The van der Waals surface area contributed by atoms with Crippen LogP contribution >= 0.6 is 7.37 Å². The first-order valence-electron chi connectivity index (χ1n) is 6.92. The second-order valence-corrected chi connectivity index (χ2v) is 8.23. The summed E-state index contributed by atoms with van der Waals surface area (Å²) in [6.07, 6.45) is 1.32. The molecule has 0 radical (unpaired) electrons. The molecule has 0 spiro atoms. The molecular weight excluding hydrogens is 259 g/mol. The fourth-order valence-corrected chi connectivity index (χ4v) is 3.70. The van der Waals surface area contributed by atoms with E-state index in [0.717, 1.165) is 12.0 Å².